The Hall–Kier alpha value is -5.27. The minimum Gasteiger partial charge on any atom is -0.494 e. The third kappa shape index (κ3) is 7.59. The summed E-state index contributed by atoms with van der Waals surface area (Å²) in [7, 11) is 1.54. The molecule has 5 rings (SSSR count). The lowest BCUT2D eigenvalue weighted by atomic mass is 10.1. The number of carbonyl (C=O) groups excluding carboxylic acids is 1. The van der Waals surface area contributed by atoms with Crippen LogP contribution in [0.1, 0.15) is 41.0 Å². The van der Waals surface area contributed by atoms with Crippen LogP contribution >= 0.6 is 0 Å². The number of benzene rings is 1. The molecule has 0 unspecified atom stereocenters. The van der Waals surface area contributed by atoms with Gasteiger partial charge >= 0.3 is 6.09 Å². The molecule has 0 atom stereocenters. The second-order valence-electron chi connectivity index (χ2n) is 11.7. The van der Waals surface area contributed by atoms with E-state index in [-0.39, 0.29) is 29.1 Å². The Balaban J connectivity index is 1.46. The summed E-state index contributed by atoms with van der Waals surface area (Å²) >= 11 is 0. The molecule has 248 valence electrons. The maximum atomic E-state index is 15.5. The highest BCUT2D eigenvalue weighted by Gasteiger charge is 2.28. The number of ether oxygens (including phenoxy) is 3. The van der Waals surface area contributed by atoms with Gasteiger partial charge in [-0.2, -0.15) is 5.10 Å². The van der Waals surface area contributed by atoms with Crippen LogP contribution in [0.3, 0.4) is 0 Å². The summed E-state index contributed by atoms with van der Waals surface area (Å²) in [5.74, 6) is -0.934. The largest absolute Gasteiger partial charge is 0.494 e. The third-order valence-electron chi connectivity index (χ3n) is 7.24. The fourth-order valence-corrected chi connectivity index (χ4v) is 5.10. The molecule has 12 nitrogen and oxygen atoms in total. The van der Waals surface area contributed by atoms with E-state index in [4.69, 9.17) is 14.2 Å². The Bertz CT molecular complexity index is 1910. The van der Waals surface area contributed by atoms with E-state index in [0.717, 1.165) is 17.8 Å². The monoisotopic (exact) mass is 648 g/mol. The summed E-state index contributed by atoms with van der Waals surface area (Å²) < 4.78 is 49.5. The zero-order valence-corrected chi connectivity index (χ0v) is 27.3. The topological polar surface area (TPSA) is 119 Å². The van der Waals surface area contributed by atoms with E-state index in [1.165, 1.54) is 24.3 Å². The van der Waals surface area contributed by atoms with Gasteiger partial charge in [0, 0.05) is 50.6 Å². The van der Waals surface area contributed by atoms with Crippen molar-refractivity contribution in [3.8, 4) is 11.5 Å². The Morgan fingerprint density at radius 2 is 1.77 bits per heavy atom. The number of halogens is 2. The molecule has 4 aromatic rings. The number of allylic oxidation sites excluding steroid dienone is 1. The van der Waals surface area contributed by atoms with Crippen LogP contribution in [-0.2, 0) is 9.47 Å². The van der Waals surface area contributed by atoms with Crippen molar-refractivity contribution in [3.63, 3.8) is 0 Å². The number of nitrogens with zero attached hydrogens (tertiary/aromatic N) is 7. The Morgan fingerprint density at radius 1 is 1.02 bits per heavy atom. The fraction of sp³-hybridized carbons (Fsp3) is 0.364. The van der Waals surface area contributed by atoms with E-state index in [1.54, 1.807) is 29.3 Å². The van der Waals surface area contributed by atoms with Crippen molar-refractivity contribution in [3.05, 3.63) is 77.1 Å². The molecule has 47 heavy (non-hydrogen) atoms. The number of fused-ring (bicyclic) bond motifs is 1. The van der Waals surface area contributed by atoms with Gasteiger partial charge in [0.1, 0.15) is 29.8 Å². The average molecular weight is 649 g/mol. The molecule has 1 aliphatic rings. The molecule has 14 heteroatoms. The maximum Gasteiger partial charge on any atom is 0.410 e. The number of piperazine rings is 1. The molecule has 4 heterocycles. The van der Waals surface area contributed by atoms with Crippen LogP contribution in [0.25, 0.3) is 17.5 Å². The van der Waals surface area contributed by atoms with Gasteiger partial charge in [-0.3, -0.25) is 0 Å². The van der Waals surface area contributed by atoms with Crippen LogP contribution in [0.4, 0.5) is 25.1 Å². The van der Waals surface area contributed by atoms with Gasteiger partial charge in [0.2, 0.25) is 0 Å². The summed E-state index contributed by atoms with van der Waals surface area (Å²) in [5.41, 5.74) is 0.506. The van der Waals surface area contributed by atoms with Crippen molar-refractivity contribution in [1.82, 2.24) is 34.4 Å². The van der Waals surface area contributed by atoms with Gasteiger partial charge in [-0.15, -0.1) is 0 Å². The van der Waals surface area contributed by atoms with Crippen molar-refractivity contribution < 1.29 is 27.8 Å². The lowest BCUT2D eigenvalue weighted by Gasteiger charge is -2.38. The number of aromatic nitrogens is 5. The van der Waals surface area contributed by atoms with E-state index < -0.39 is 17.2 Å². The Labute approximate surface area is 271 Å². The first-order valence-electron chi connectivity index (χ1n) is 15.2. The van der Waals surface area contributed by atoms with Crippen LogP contribution in [0.5, 0.6) is 11.5 Å². The van der Waals surface area contributed by atoms with E-state index in [0.29, 0.717) is 54.6 Å². The average Bonchev–Trinajstić information content (AvgIpc) is 3.51. The molecule has 1 saturated heterocycles. The highest BCUT2D eigenvalue weighted by molar-refractivity contribution is 5.69. The van der Waals surface area contributed by atoms with Crippen LogP contribution < -0.4 is 20.6 Å². The number of amides is 1. The summed E-state index contributed by atoms with van der Waals surface area (Å²) in [6.07, 6.45) is 8.44. The van der Waals surface area contributed by atoms with Gasteiger partial charge in [0.15, 0.2) is 28.8 Å². The van der Waals surface area contributed by atoms with Crippen LogP contribution in [0.15, 0.2) is 54.9 Å². The molecule has 0 bridgehead atoms. The van der Waals surface area contributed by atoms with Crippen molar-refractivity contribution in [2.24, 2.45) is 0 Å². The van der Waals surface area contributed by atoms with Crippen molar-refractivity contribution in [1.29, 1.82) is 0 Å². The summed E-state index contributed by atoms with van der Waals surface area (Å²) in [5, 5.41) is 7.95. The molecule has 0 spiro atoms. The van der Waals surface area contributed by atoms with Gasteiger partial charge in [0.25, 0.3) is 0 Å². The summed E-state index contributed by atoms with van der Waals surface area (Å²) in [6.45, 7) is 11.3. The first kappa shape index (κ1) is 33.1. The zero-order valence-electron chi connectivity index (χ0n) is 27.3. The number of hydrogen-bond donors (Lipinski definition) is 1. The van der Waals surface area contributed by atoms with Crippen LogP contribution in [0.2, 0.25) is 0 Å². The van der Waals surface area contributed by atoms with Gasteiger partial charge in [-0.25, -0.2) is 33.0 Å². The molecule has 0 aliphatic carbocycles. The van der Waals surface area contributed by atoms with Crippen molar-refractivity contribution in [2.75, 3.05) is 38.6 Å². The first-order valence-corrected chi connectivity index (χ1v) is 15.2. The second-order valence-corrected chi connectivity index (χ2v) is 11.7. The lowest BCUT2D eigenvalue weighted by Crippen LogP contribution is -2.50. The summed E-state index contributed by atoms with van der Waals surface area (Å²) in [6, 6.07) is 5.11. The number of carbonyl (C=O) groups is 1. The SMILES string of the molecule is C/C=c1/ncnc(Nc2cc(F)c(Oc3ccn4ncnc4c3)cc2F)/c1=C(OC)/C(=C/CC)N1CCN(C(=O)OC(C)(C)C)CC1. The minimum atomic E-state index is -0.793. The number of methoxy groups -OCH3 is 1. The van der Waals surface area contributed by atoms with E-state index in [2.05, 4.69) is 30.3 Å². The molecular weight excluding hydrogens is 610 g/mol. The normalized spacial score (nSPS) is 15.1. The summed E-state index contributed by atoms with van der Waals surface area (Å²) in [4.78, 5) is 29.4. The molecule has 0 saturated carbocycles. The predicted molar refractivity (Wildman–Crippen MR) is 172 cm³/mol. The molecule has 1 amide bonds. The zero-order chi connectivity index (χ0) is 33.7. The molecule has 1 fully saturated rings. The maximum absolute atomic E-state index is 15.5. The van der Waals surface area contributed by atoms with E-state index >= 15 is 8.78 Å². The van der Waals surface area contributed by atoms with Gasteiger partial charge < -0.3 is 29.3 Å². The van der Waals surface area contributed by atoms with E-state index in [1.807, 2.05) is 40.7 Å². The van der Waals surface area contributed by atoms with Gasteiger partial charge in [-0.1, -0.05) is 19.1 Å². The quantitative estimate of drug-likeness (QED) is 0.287. The molecule has 1 aliphatic heterocycles. The highest BCUT2D eigenvalue weighted by atomic mass is 19.1. The molecule has 0 radical (unpaired) electrons. The Kier molecular flexibility index (Phi) is 9.87. The third-order valence-corrected chi connectivity index (χ3v) is 7.24. The highest BCUT2D eigenvalue weighted by Crippen LogP contribution is 2.30. The number of anilines is 2. The van der Waals surface area contributed by atoms with Gasteiger partial charge in [0.05, 0.1) is 29.1 Å². The number of rotatable bonds is 8. The first-order chi connectivity index (χ1) is 22.5. The standard InChI is InChI=1S/C33H38F2N8O4/c1-7-9-26(41-12-14-42(15-13-41)32(44)47-33(3,4)5)30(45-6)29-24(8-2)36-19-38-31(29)40-25-17-23(35)27(18-22(25)34)46-21-10-11-43-28(16-21)37-20-39-43/h8-11,16-20H,7,12-15H2,1-6H3,(H,36,38,40)/b24-8+,26-9-,30-29-. The predicted octanol–water partition coefficient (Wildman–Crippen LogP) is 4.74. The molecule has 3 aromatic heterocycles. The Morgan fingerprint density at radius 3 is 2.45 bits per heavy atom. The van der Waals surface area contributed by atoms with Crippen molar-refractivity contribution >= 4 is 35.1 Å². The second kappa shape index (κ2) is 14.0. The van der Waals surface area contributed by atoms with Gasteiger partial charge in [-0.05, 0) is 40.2 Å². The van der Waals surface area contributed by atoms with Crippen molar-refractivity contribution in [2.45, 2.75) is 46.6 Å². The van der Waals surface area contributed by atoms with E-state index in [9.17, 15) is 4.79 Å². The minimum absolute atomic E-state index is 0.160. The molecule has 1 aromatic carbocycles. The molecule has 1 N–H and O–H groups in total. The fourth-order valence-electron chi connectivity index (χ4n) is 5.10. The number of pyridine rings is 1. The lowest BCUT2D eigenvalue weighted by molar-refractivity contribution is 0.0169. The number of nitrogens with one attached hydrogen (secondary N) is 1. The smallest absolute Gasteiger partial charge is 0.410 e. The number of hydrogen-bond acceptors (Lipinski definition) is 10. The van der Waals surface area contributed by atoms with Crippen LogP contribution in [-0.4, -0.2) is 79.3 Å². The van der Waals surface area contributed by atoms with Crippen LogP contribution in [0, 0.1) is 11.6 Å². The molecular formula is C33H38F2N8O4.